The van der Waals surface area contributed by atoms with Crippen LogP contribution in [0.1, 0.15) is 13.3 Å². The van der Waals surface area contributed by atoms with Gasteiger partial charge in [0.1, 0.15) is 11.9 Å². The molecule has 3 N–H and O–H groups in total. The Morgan fingerprint density at radius 2 is 1.89 bits per heavy atom. The van der Waals surface area contributed by atoms with Crippen molar-refractivity contribution in [1.82, 2.24) is 5.32 Å². The van der Waals surface area contributed by atoms with Crippen LogP contribution >= 0.6 is 23.2 Å². The molecule has 8 heteroatoms. The van der Waals surface area contributed by atoms with Crippen molar-refractivity contribution in [3.05, 3.63) is 28.0 Å². The van der Waals surface area contributed by atoms with E-state index >= 15 is 0 Å². The molecular formula is C11H11Cl2FN2O3. The molecule has 0 aliphatic carbocycles. The van der Waals surface area contributed by atoms with Crippen LogP contribution in [-0.2, 0) is 4.79 Å². The maximum atomic E-state index is 12.9. The molecule has 0 unspecified atom stereocenters. The topological polar surface area (TPSA) is 78.4 Å². The van der Waals surface area contributed by atoms with Crippen molar-refractivity contribution in [2.75, 3.05) is 5.32 Å². The molecule has 5 nitrogen and oxygen atoms in total. The third-order valence-electron chi connectivity index (χ3n) is 2.26. The smallest absolute Gasteiger partial charge is 0.326 e. The summed E-state index contributed by atoms with van der Waals surface area (Å²) in [5.41, 5.74) is 0.0162. The highest BCUT2D eigenvalue weighted by Gasteiger charge is 2.19. The van der Waals surface area contributed by atoms with Gasteiger partial charge >= 0.3 is 12.0 Å². The van der Waals surface area contributed by atoms with Crippen LogP contribution in [0, 0.1) is 5.82 Å². The monoisotopic (exact) mass is 308 g/mol. The Bertz CT molecular complexity index is 488. The number of halogens is 3. The van der Waals surface area contributed by atoms with Crippen LogP contribution in [-0.4, -0.2) is 23.1 Å². The lowest BCUT2D eigenvalue weighted by Gasteiger charge is -2.14. The SMILES string of the molecule is CC[C@@H](NC(=O)Nc1c(Cl)cc(F)cc1Cl)C(=O)O. The van der Waals surface area contributed by atoms with Gasteiger partial charge in [-0.25, -0.2) is 14.0 Å². The van der Waals surface area contributed by atoms with Gasteiger partial charge in [0.25, 0.3) is 0 Å². The minimum absolute atomic E-state index is 0.0162. The maximum Gasteiger partial charge on any atom is 0.326 e. The minimum Gasteiger partial charge on any atom is -0.480 e. The van der Waals surface area contributed by atoms with Crippen LogP contribution in [0.25, 0.3) is 0 Å². The Balaban J connectivity index is 2.80. The lowest BCUT2D eigenvalue weighted by atomic mass is 10.2. The number of hydrogen-bond acceptors (Lipinski definition) is 2. The summed E-state index contributed by atoms with van der Waals surface area (Å²) in [5.74, 6) is -1.80. The second kappa shape index (κ2) is 6.58. The van der Waals surface area contributed by atoms with Crippen molar-refractivity contribution in [1.29, 1.82) is 0 Å². The van der Waals surface area contributed by atoms with Gasteiger partial charge in [-0.3, -0.25) is 0 Å². The van der Waals surface area contributed by atoms with Crippen LogP contribution in [0.5, 0.6) is 0 Å². The van der Waals surface area contributed by atoms with Crippen LogP contribution in [0.3, 0.4) is 0 Å². The Kier molecular flexibility index (Phi) is 5.38. The molecule has 1 rings (SSSR count). The molecule has 19 heavy (non-hydrogen) atoms. The number of rotatable bonds is 4. The van der Waals surface area contributed by atoms with E-state index in [1.165, 1.54) is 0 Å². The van der Waals surface area contributed by atoms with E-state index in [9.17, 15) is 14.0 Å². The zero-order valence-corrected chi connectivity index (χ0v) is 11.3. The van der Waals surface area contributed by atoms with E-state index in [4.69, 9.17) is 28.3 Å². The third-order valence-corrected chi connectivity index (χ3v) is 2.85. The number of carbonyl (C=O) groups is 2. The van der Waals surface area contributed by atoms with Gasteiger partial charge in [0.2, 0.25) is 0 Å². The van der Waals surface area contributed by atoms with Gasteiger partial charge < -0.3 is 15.7 Å². The number of urea groups is 1. The van der Waals surface area contributed by atoms with Gasteiger partial charge in [0, 0.05) is 0 Å². The van der Waals surface area contributed by atoms with E-state index in [1.54, 1.807) is 6.92 Å². The third kappa shape index (κ3) is 4.25. The van der Waals surface area contributed by atoms with Gasteiger partial charge in [-0.2, -0.15) is 0 Å². The van der Waals surface area contributed by atoms with Crippen molar-refractivity contribution in [3.8, 4) is 0 Å². The van der Waals surface area contributed by atoms with Gasteiger partial charge in [-0.1, -0.05) is 30.1 Å². The second-order valence-electron chi connectivity index (χ2n) is 3.64. The molecule has 1 atom stereocenters. The highest BCUT2D eigenvalue weighted by molar-refractivity contribution is 6.39. The standard InChI is InChI=1S/C11H11Cl2FN2O3/c1-2-8(10(17)18)15-11(19)16-9-6(12)3-5(14)4-7(9)13/h3-4,8H,2H2,1H3,(H,17,18)(H2,15,16,19)/t8-/m1/s1. The van der Waals surface area contributed by atoms with Gasteiger partial charge in [0.05, 0.1) is 15.7 Å². The molecule has 0 spiro atoms. The Hall–Kier alpha value is -1.53. The summed E-state index contributed by atoms with van der Waals surface area (Å²) in [5, 5.41) is 13.1. The fourth-order valence-electron chi connectivity index (χ4n) is 1.31. The maximum absolute atomic E-state index is 12.9. The van der Waals surface area contributed by atoms with E-state index in [1.807, 2.05) is 0 Å². The summed E-state index contributed by atoms with van der Waals surface area (Å²) < 4.78 is 12.9. The number of amides is 2. The molecule has 0 aromatic heterocycles. The van der Waals surface area contributed by atoms with E-state index in [0.717, 1.165) is 12.1 Å². The summed E-state index contributed by atoms with van der Waals surface area (Å²) in [4.78, 5) is 22.3. The Morgan fingerprint density at radius 3 is 2.32 bits per heavy atom. The molecule has 0 heterocycles. The van der Waals surface area contributed by atoms with Crippen LogP contribution in [0.15, 0.2) is 12.1 Å². The average Bonchev–Trinajstić information content (AvgIpc) is 2.30. The summed E-state index contributed by atoms with van der Waals surface area (Å²) in [6.45, 7) is 1.61. The van der Waals surface area contributed by atoms with Gasteiger partial charge in [-0.15, -0.1) is 0 Å². The van der Waals surface area contributed by atoms with Crippen molar-refractivity contribution in [2.45, 2.75) is 19.4 Å². The molecule has 0 saturated carbocycles. The second-order valence-corrected chi connectivity index (χ2v) is 4.46. The van der Waals surface area contributed by atoms with Crippen LogP contribution in [0.2, 0.25) is 10.0 Å². The van der Waals surface area contributed by atoms with E-state index in [2.05, 4.69) is 10.6 Å². The number of carboxylic acid groups (broad SMARTS) is 1. The molecule has 0 fully saturated rings. The quantitative estimate of drug-likeness (QED) is 0.799. The number of carbonyl (C=O) groups excluding carboxylic acids is 1. The molecule has 2 amide bonds. The lowest BCUT2D eigenvalue weighted by Crippen LogP contribution is -2.42. The predicted octanol–water partition coefficient (Wildman–Crippen LogP) is 3.12. The number of anilines is 1. The summed E-state index contributed by atoms with van der Waals surface area (Å²) >= 11 is 11.5. The highest BCUT2D eigenvalue weighted by atomic mass is 35.5. The summed E-state index contributed by atoms with van der Waals surface area (Å²) in [6.07, 6.45) is 0.216. The molecule has 0 aliphatic heterocycles. The van der Waals surface area contributed by atoms with E-state index in [-0.39, 0.29) is 22.2 Å². The average molecular weight is 309 g/mol. The fraction of sp³-hybridized carbons (Fsp3) is 0.273. The van der Waals surface area contributed by atoms with Gasteiger partial charge in [0.15, 0.2) is 0 Å². The predicted molar refractivity (Wildman–Crippen MR) is 70.3 cm³/mol. The fourth-order valence-corrected chi connectivity index (χ4v) is 1.86. The number of benzene rings is 1. The molecule has 0 saturated heterocycles. The Labute approximate surface area is 118 Å². The number of nitrogens with one attached hydrogen (secondary N) is 2. The van der Waals surface area contributed by atoms with E-state index in [0.29, 0.717) is 0 Å². The highest BCUT2D eigenvalue weighted by Crippen LogP contribution is 2.31. The van der Waals surface area contributed by atoms with Crippen molar-refractivity contribution in [2.24, 2.45) is 0 Å². The summed E-state index contributed by atoms with van der Waals surface area (Å²) in [6, 6.07) is 0.150. The number of aliphatic carboxylic acids is 1. The van der Waals surface area contributed by atoms with Gasteiger partial charge in [-0.05, 0) is 18.6 Å². The first-order valence-electron chi connectivity index (χ1n) is 5.30. The zero-order valence-electron chi connectivity index (χ0n) is 9.84. The molecule has 0 radical (unpaired) electrons. The molecule has 1 aromatic carbocycles. The normalized spacial score (nSPS) is 11.8. The minimum atomic E-state index is -1.16. The Morgan fingerprint density at radius 1 is 1.37 bits per heavy atom. The first kappa shape index (κ1) is 15.5. The first-order chi connectivity index (χ1) is 8.85. The van der Waals surface area contributed by atoms with Crippen molar-refractivity contribution < 1.29 is 19.1 Å². The number of hydrogen-bond donors (Lipinski definition) is 3. The van der Waals surface area contributed by atoms with Crippen molar-refractivity contribution >= 4 is 40.9 Å². The van der Waals surface area contributed by atoms with E-state index < -0.39 is 23.9 Å². The lowest BCUT2D eigenvalue weighted by molar-refractivity contribution is -0.139. The molecule has 0 aliphatic rings. The number of carboxylic acids is 1. The first-order valence-corrected chi connectivity index (χ1v) is 6.05. The van der Waals surface area contributed by atoms with Crippen LogP contribution < -0.4 is 10.6 Å². The largest absolute Gasteiger partial charge is 0.480 e. The molecule has 104 valence electrons. The zero-order chi connectivity index (χ0) is 14.6. The summed E-state index contributed by atoms with van der Waals surface area (Å²) in [7, 11) is 0. The molecule has 0 bridgehead atoms. The van der Waals surface area contributed by atoms with Crippen LogP contribution in [0.4, 0.5) is 14.9 Å². The van der Waals surface area contributed by atoms with Crippen molar-refractivity contribution in [3.63, 3.8) is 0 Å². The molecule has 1 aromatic rings. The molecular weight excluding hydrogens is 298 g/mol.